The van der Waals surface area contributed by atoms with Crippen molar-refractivity contribution in [2.75, 3.05) is 24.5 Å². The SMILES string of the molecule is CCCCNC(=O)C(C)N(Cc1cccc(Cl)c1)C(=O)CN(c1ccc(OC)c(Cl)c1)S(=O)(=O)c1ccccc1. The molecule has 0 bridgehead atoms. The summed E-state index contributed by atoms with van der Waals surface area (Å²) < 4.78 is 33.8. The molecule has 0 saturated heterocycles. The van der Waals surface area contributed by atoms with Gasteiger partial charge in [-0.05, 0) is 61.4 Å². The van der Waals surface area contributed by atoms with Gasteiger partial charge in [0.1, 0.15) is 18.3 Å². The van der Waals surface area contributed by atoms with Crippen molar-refractivity contribution in [3.8, 4) is 5.75 Å². The van der Waals surface area contributed by atoms with Crippen molar-refractivity contribution in [1.29, 1.82) is 0 Å². The van der Waals surface area contributed by atoms with Crippen molar-refractivity contribution in [3.05, 3.63) is 88.4 Å². The molecule has 1 N–H and O–H groups in total. The second kappa shape index (κ2) is 14.4. The molecule has 0 heterocycles. The zero-order chi connectivity index (χ0) is 29.3. The largest absolute Gasteiger partial charge is 0.495 e. The molecule has 0 saturated carbocycles. The van der Waals surface area contributed by atoms with E-state index >= 15 is 0 Å². The number of methoxy groups -OCH3 is 1. The van der Waals surface area contributed by atoms with Gasteiger partial charge in [0.15, 0.2) is 0 Å². The molecule has 0 aliphatic heterocycles. The van der Waals surface area contributed by atoms with Gasteiger partial charge >= 0.3 is 0 Å². The fourth-order valence-electron chi connectivity index (χ4n) is 4.01. The van der Waals surface area contributed by atoms with Crippen molar-refractivity contribution >= 4 is 50.7 Å². The molecule has 1 unspecified atom stereocenters. The number of ether oxygens (including phenoxy) is 1. The van der Waals surface area contributed by atoms with Crippen LogP contribution in [-0.4, -0.2) is 51.4 Å². The molecule has 8 nitrogen and oxygen atoms in total. The number of rotatable bonds is 13. The number of amides is 2. The first kappa shape index (κ1) is 31.3. The Morgan fingerprint density at radius 3 is 2.35 bits per heavy atom. The Morgan fingerprint density at radius 2 is 1.73 bits per heavy atom. The third kappa shape index (κ3) is 7.90. The molecule has 3 aromatic rings. The molecule has 0 aliphatic carbocycles. The highest BCUT2D eigenvalue weighted by Gasteiger charge is 2.32. The number of nitrogens with one attached hydrogen (secondary N) is 1. The number of carbonyl (C=O) groups excluding carboxylic acids is 2. The summed E-state index contributed by atoms with van der Waals surface area (Å²) in [5, 5.41) is 3.51. The Kier molecular flexibility index (Phi) is 11.2. The van der Waals surface area contributed by atoms with Gasteiger partial charge in [0.05, 0.1) is 22.7 Å². The Labute approximate surface area is 245 Å². The molecule has 0 radical (unpaired) electrons. The van der Waals surface area contributed by atoms with Crippen LogP contribution in [0.2, 0.25) is 10.0 Å². The first-order valence-electron chi connectivity index (χ1n) is 12.8. The maximum Gasteiger partial charge on any atom is 0.264 e. The van der Waals surface area contributed by atoms with Crippen molar-refractivity contribution in [2.24, 2.45) is 0 Å². The van der Waals surface area contributed by atoms with Crippen molar-refractivity contribution in [3.63, 3.8) is 0 Å². The second-order valence-electron chi connectivity index (χ2n) is 9.12. The third-order valence-corrected chi connectivity index (χ3v) is 8.59. The van der Waals surface area contributed by atoms with Crippen LogP contribution in [0, 0.1) is 0 Å². The zero-order valence-electron chi connectivity index (χ0n) is 22.6. The average Bonchev–Trinajstić information content (AvgIpc) is 2.94. The summed E-state index contributed by atoms with van der Waals surface area (Å²) in [7, 11) is -2.75. The topological polar surface area (TPSA) is 96.0 Å². The number of hydrogen-bond donors (Lipinski definition) is 1. The van der Waals surface area contributed by atoms with Crippen LogP contribution < -0.4 is 14.4 Å². The van der Waals surface area contributed by atoms with Crippen LogP contribution in [0.25, 0.3) is 0 Å². The number of carbonyl (C=O) groups is 2. The van der Waals surface area contributed by atoms with E-state index in [-0.39, 0.29) is 28.1 Å². The minimum absolute atomic E-state index is 0.00138. The Morgan fingerprint density at radius 1 is 1.00 bits per heavy atom. The van der Waals surface area contributed by atoms with E-state index in [1.54, 1.807) is 49.4 Å². The van der Waals surface area contributed by atoms with Crippen LogP contribution in [0.15, 0.2) is 77.7 Å². The molecule has 0 aliphatic rings. The highest BCUT2D eigenvalue weighted by Crippen LogP contribution is 2.32. The van der Waals surface area contributed by atoms with E-state index in [0.717, 1.165) is 17.1 Å². The van der Waals surface area contributed by atoms with Crippen molar-refractivity contribution < 1.29 is 22.7 Å². The molecule has 1 atom stereocenters. The van der Waals surface area contributed by atoms with Gasteiger partial charge < -0.3 is 15.0 Å². The third-order valence-electron chi connectivity index (χ3n) is 6.27. The van der Waals surface area contributed by atoms with E-state index in [0.29, 0.717) is 22.9 Å². The number of unbranched alkanes of at least 4 members (excludes halogenated alkanes) is 1. The van der Waals surface area contributed by atoms with E-state index in [2.05, 4.69) is 5.32 Å². The highest BCUT2D eigenvalue weighted by atomic mass is 35.5. The number of nitrogens with zero attached hydrogens (tertiary/aromatic N) is 2. The summed E-state index contributed by atoms with van der Waals surface area (Å²) >= 11 is 12.5. The smallest absolute Gasteiger partial charge is 0.264 e. The fraction of sp³-hybridized carbons (Fsp3) is 0.310. The molecular formula is C29H33Cl2N3O5S. The second-order valence-corrected chi connectivity index (χ2v) is 11.8. The van der Waals surface area contributed by atoms with Gasteiger partial charge in [0.2, 0.25) is 11.8 Å². The molecule has 2 amide bonds. The summed E-state index contributed by atoms with van der Waals surface area (Å²) in [5.41, 5.74) is 0.866. The molecule has 0 aromatic heterocycles. The van der Waals surface area contributed by atoms with Gasteiger partial charge in [-0.25, -0.2) is 8.42 Å². The molecule has 40 heavy (non-hydrogen) atoms. The number of sulfonamides is 1. The van der Waals surface area contributed by atoms with Crippen molar-refractivity contribution in [2.45, 2.75) is 44.2 Å². The van der Waals surface area contributed by atoms with E-state index in [1.165, 1.54) is 42.3 Å². The Bertz CT molecular complexity index is 1420. The molecule has 11 heteroatoms. The maximum absolute atomic E-state index is 13.9. The first-order valence-corrected chi connectivity index (χ1v) is 15.0. The van der Waals surface area contributed by atoms with E-state index in [4.69, 9.17) is 27.9 Å². The van der Waals surface area contributed by atoms with Gasteiger partial charge in [-0.3, -0.25) is 13.9 Å². The van der Waals surface area contributed by atoms with Gasteiger partial charge in [0, 0.05) is 18.1 Å². The Balaban J connectivity index is 2.02. The molecule has 0 spiro atoms. The molecular weight excluding hydrogens is 573 g/mol. The zero-order valence-corrected chi connectivity index (χ0v) is 25.0. The van der Waals surface area contributed by atoms with Gasteiger partial charge in [-0.1, -0.05) is 66.9 Å². The van der Waals surface area contributed by atoms with Gasteiger partial charge in [-0.2, -0.15) is 0 Å². The standard InChI is InChI=1S/C29H33Cl2N3O5S/c1-4-5-16-32-29(36)21(2)33(19-22-10-9-11-23(30)17-22)28(35)20-34(24-14-15-27(39-3)26(31)18-24)40(37,38)25-12-7-6-8-13-25/h6-15,17-18,21H,4-5,16,19-20H2,1-3H3,(H,32,36). The van der Waals surface area contributed by atoms with Crippen LogP contribution in [-0.2, 0) is 26.2 Å². The lowest BCUT2D eigenvalue weighted by molar-refractivity contribution is -0.139. The van der Waals surface area contributed by atoms with Crippen LogP contribution in [0.1, 0.15) is 32.3 Å². The summed E-state index contributed by atoms with van der Waals surface area (Å²) in [5.74, 6) is -0.563. The minimum atomic E-state index is -4.20. The number of benzene rings is 3. The lowest BCUT2D eigenvalue weighted by Crippen LogP contribution is -2.51. The average molecular weight is 607 g/mol. The lowest BCUT2D eigenvalue weighted by Gasteiger charge is -2.32. The fourth-order valence-corrected chi connectivity index (χ4v) is 5.90. The highest BCUT2D eigenvalue weighted by molar-refractivity contribution is 7.92. The summed E-state index contributed by atoms with van der Waals surface area (Å²) in [4.78, 5) is 28.3. The molecule has 3 rings (SSSR count). The van der Waals surface area contributed by atoms with Gasteiger partial charge in [-0.15, -0.1) is 0 Å². The normalized spacial score (nSPS) is 11.9. The van der Waals surface area contributed by atoms with E-state index in [1.807, 2.05) is 6.92 Å². The maximum atomic E-state index is 13.9. The predicted molar refractivity (Wildman–Crippen MR) is 158 cm³/mol. The number of hydrogen-bond acceptors (Lipinski definition) is 5. The number of halogens is 2. The molecule has 3 aromatic carbocycles. The van der Waals surface area contributed by atoms with Crippen LogP contribution in [0.5, 0.6) is 5.75 Å². The van der Waals surface area contributed by atoms with Crippen LogP contribution in [0.3, 0.4) is 0 Å². The lowest BCUT2D eigenvalue weighted by atomic mass is 10.1. The van der Waals surface area contributed by atoms with Gasteiger partial charge in [0.25, 0.3) is 10.0 Å². The van der Waals surface area contributed by atoms with Crippen molar-refractivity contribution in [1.82, 2.24) is 10.2 Å². The minimum Gasteiger partial charge on any atom is -0.495 e. The molecule has 0 fully saturated rings. The van der Waals surface area contributed by atoms with Crippen LogP contribution in [0.4, 0.5) is 5.69 Å². The molecule has 214 valence electrons. The predicted octanol–water partition coefficient (Wildman–Crippen LogP) is 5.53. The first-order chi connectivity index (χ1) is 19.1. The van der Waals surface area contributed by atoms with Crippen LogP contribution >= 0.6 is 23.2 Å². The van der Waals surface area contributed by atoms with E-state index in [9.17, 15) is 18.0 Å². The summed E-state index contributed by atoms with van der Waals surface area (Å²) in [6, 6.07) is 18.3. The summed E-state index contributed by atoms with van der Waals surface area (Å²) in [6.45, 7) is 3.57. The Hall–Kier alpha value is -3.27. The monoisotopic (exact) mass is 605 g/mol. The quantitative estimate of drug-likeness (QED) is 0.258. The summed E-state index contributed by atoms with van der Waals surface area (Å²) in [6.07, 6.45) is 1.69. The number of anilines is 1. The van der Waals surface area contributed by atoms with E-state index < -0.39 is 28.5 Å².